The van der Waals surface area contributed by atoms with Crippen molar-refractivity contribution in [2.24, 2.45) is 0 Å². The van der Waals surface area contributed by atoms with Crippen LogP contribution in [0.3, 0.4) is 0 Å². The Labute approximate surface area is 165 Å². The highest BCUT2D eigenvalue weighted by molar-refractivity contribution is 7.91. The number of sulfonamides is 1. The third kappa shape index (κ3) is 4.56. The zero-order chi connectivity index (χ0) is 20.4. The third-order valence-corrected chi connectivity index (χ3v) is 7.90. The van der Waals surface area contributed by atoms with E-state index in [1.165, 1.54) is 28.6 Å². The topological polar surface area (TPSA) is 66.5 Å². The predicted octanol–water partition coefficient (Wildman–Crippen LogP) is 4.58. The number of amides is 1. The molecular weight excluding hydrogens is 413 g/mol. The first-order valence-electron chi connectivity index (χ1n) is 8.77. The maximum absolute atomic E-state index is 13.1. The van der Waals surface area contributed by atoms with E-state index in [0.717, 1.165) is 49.2 Å². The smallest absolute Gasteiger partial charge is 0.321 e. The summed E-state index contributed by atoms with van der Waals surface area (Å²) in [6, 6.07) is 7.29. The molecule has 0 radical (unpaired) electrons. The van der Waals surface area contributed by atoms with E-state index in [9.17, 15) is 26.4 Å². The molecule has 0 spiro atoms. The summed E-state index contributed by atoms with van der Waals surface area (Å²) >= 11 is 0.758. The minimum Gasteiger partial charge on any atom is -0.321 e. The molecule has 1 fully saturated rings. The summed E-state index contributed by atoms with van der Waals surface area (Å²) < 4.78 is 66.2. The van der Waals surface area contributed by atoms with Crippen molar-refractivity contribution in [1.29, 1.82) is 0 Å². The highest BCUT2D eigenvalue weighted by atomic mass is 32.2. The Kier molecular flexibility index (Phi) is 6.11. The lowest BCUT2D eigenvalue weighted by atomic mass is 10.1. The van der Waals surface area contributed by atoms with Crippen molar-refractivity contribution in [3.05, 3.63) is 46.8 Å². The van der Waals surface area contributed by atoms with E-state index >= 15 is 0 Å². The maximum Gasteiger partial charge on any atom is 0.418 e. The minimum atomic E-state index is -4.61. The normalized spacial score (nSPS) is 16.5. The van der Waals surface area contributed by atoms with Gasteiger partial charge in [-0.15, -0.1) is 11.3 Å². The fourth-order valence-corrected chi connectivity index (χ4v) is 5.89. The Morgan fingerprint density at radius 1 is 1.00 bits per heavy atom. The molecule has 1 N–H and O–H groups in total. The van der Waals surface area contributed by atoms with Gasteiger partial charge in [-0.3, -0.25) is 4.79 Å². The number of carbonyl (C=O) groups is 1. The summed E-state index contributed by atoms with van der Waals surface area (Å²) in [7, 11) is -3.71. The van der Waals surface area contributed by atoms with Crippen LogP contribution in [-0.2, 0) is 16.2 Å². The Hall–Kier alpha value is -1.91. The van der Waals surface area contributed by atoms with Gasteiger partial charge in [-0.05, 0) is 37.1 Å². The first kappa shape index (κ1) is 20.8. The molecule has 2 heterocycles. The number of thiophene rings is 1. The second kappa shape index (κ2) is 8.22. The van der Waals surface area contributed by atoms with Gasteiger partial charge < -0.3 is 5.32 Å². The number of para-hydroxylation sites is 1. The number of hydrogen-bond acceptors (Lipinski definition) is 4. The number of rotatable bonds is 4. The number of benzene rings is 1. The van der Waals surface area contributed by atoms with Crippen molar-refractivity contribution in [1.82, 2.24) is 4.31 Å². The Balaban J connectivity index is 1.80. The number of alkyl halides is 3. The van der Waals surface area contributed by atoms with E-state index in [4.69, 9.17) is 0 Å². The summed E-state index contributed by atoms with van der Waals surface area (Å²) in [5, 5.41) is 2.23. The fraction of sp³-hybridized carbons (Fsp3) is 0.389. The molecule has 1 amide bonds. The lowest BCUT2D eigenvalue weighted by Gasteiger charge is -2.18. The van der Waals surface area contributed by atoms with E-state index in [-0.39, 0.29) is 14.8 Å². The van der Waals surface area contributed by atoms with Crippen LogP contribution in [0.2, 0.25) is 0 Å². The minimum absolute atomic E-state index is 0.0173. The van der Waals surface area contributed by atoms with Gasteiger partial charge in [-0.1, -0.05) is 25.0 Å². The van der Waals surface area contributed by atoms with Gasteiger partial charge >= 0.3 is 6.18 Å². The molecule has 152 valence electrons. The highest BCUT2D eigenvalue weighted by Gasteiger charge is 2.34. The second-order valence-corrected chi connectivity index (χ2v) is 9.68. The van der Waals surface area contributed by atoms with Crippen molar-refractivity contribution in [2.75, 3.05) is 18.4 Å². The van der Waals surface area contributed by atoms with Crippen molar-refractivity contribution in [3.63, 3.8) is 0 Å². The molecule has 0 atom stereocenters. The molecule has 0 saturated carbocycles. The van der Waals surface area contributed by atoms with Crippen LogP contribution < -0.4 is 5.32 Å². The molecule has 5 nitrogen and oxygen atoms in total. The van der Waals surface area contributed by atoms with Gasteiger partial charge in [-0.2, -0.15) is 17.5 Å². The summed E-state index contributed by atoms with van der Waals surface area (Å²) in [5.41, 5.74) is -1.33. The van der Waals surface area contributed by atoms with Gasteiger partial charge in [0.25, 0.3) is 15.9 Å². The zero-order valence-electron chi connectivity index (χ0n) is 14.8. The van der Waals surface area contributed by atoms with Gasteiger partial charge in [-0.25, -0.2) is 8.42 Å². The fourth-order valence-electron chi connectivity index (χ4n) is 3.01. The molecule has 1 aromatic carbocycles. The number of halogens is 3. The SMILES string of the molecule is O=C(Nc1ccccc1C(F)(F)F)c1ccc(S(=O)(=O)N2CCCCCC2)s1. The lowest BCUT2D eigenvalue weighted by Crippen LogP contribution is -2.31. The van der Waals surface area contributed by atoms with Crippen LogP contribution in [0.5, 0.6) is 0 Å². The third-order valence-electron chi connectivity index (χ3n) is 4.44. The zero-order valence-corrected chi connectivity index (χ0v) is 16.5. The van der Waals surface area contributed by atoms with Crippen molar-refractivity contribution < 1.29 is 26.4 Å². The van der Waals surface area contributed by atoms with Crippen molar-refractivity contribution in [2.45, 2.75) is 36.1 Å². The summed E-state index contributed by atoms with van der Waals surface area (Å²) in [6.07, 6.45) is -1.09. The van der Waals surface area contributed by atoms with Crippen LogP contribution in [-0.4, -0.2) is 31.7 Å². The van der Waals surface area contributed by atoms with E-state index < -0.39 is 27.7 Å². The van der Waals surface area contributed by atoms with Gasteiger partial charge in [0.05, 0.1) is 16.1 Å². The lowest BCUT2D eigenvalue weighted by molar-refractivity contribution is -0.136. The average Bonchev–Trinajstić information content (AvgIpc) is 2.98. The van der Waals surface area contributed by atoms with E-state index in [1.54, 1.807) is 0 Å². The summed E-state index contributed by atoms with van der Waals surface area (Å²) in [5.74, 6) is -0.779. The predicted molar refractivity (Wildman–Crippen MR) is 101 cm³/mol. The van der Waals surface area contributed by atoms with E-state index in [1.807, 2.05) is 0 Å². The summed E-state index contributed by atoms with van der Waals surface area (Å²) in [6.45, 7) is 0.863. The molecule has 2 aromatic rings. The van der Waals surface area contributed by atoms with E-state index in [2.05, 4.69) is 5.32 Å². The Morgan fingerprint density at radius 3 is 2.29 bits per heavy atom. The standard InChI is InChI=1S/C18H19F3N2O3S2/c19-18(20,21)13-7-3-4-8-14(13)22-17(24)15-9-10-16(27-15)28(25,26)23-11-5-1-2-6-12-23/h3-4,7-10H,1-2,5-6,11-12H2,(H,22,24). The van der Waals surface area contributed by atoms with Gasteiger partial charge in [0.2, 0.25) is 0 Å². The number of nitrogens with one attached hydrogen (secondary N) is 1. The molecule has 0 bridgehead atoms. The number of anilines is 1. The summed E-state index contributed by atoms with van der Waals surface area (Å²) in [4.78, 5) is 12.4. The highest BCUT2D eigenvalue weighted by Crippen LogP contribution is 2.35. The molecule has 1 aromatic heterocycles. The van der Waals surface area contributed by atoms with Gasteiger partial charge in [0.1, 0.15) is 4.21 Å². The van der Waals surface area contributed by atoms with Crippen LogP contribution >= 0.6 is 11.3 Å². The molecule has 1 aliphatic heterocycles. The first-order chi connectivity index (χ1) is 13.2. The Morgan fingerprint density at radius 2 is 1.64 bits per heavy atom. The monoisotopic (exact) mass is 432 g/mol. The second-order valence-electron chi connectivity index (χ2n) is 6.43. The molecule has 0 aliphatic carbocycles. The molecule has 3 rings (SSSR count). The molecule has 1 saturated heterocycles. The van der Waals surface area contributed by atoms with Gasteiger partial charge in [0, 0.05) is 13.1 Å². The average molecular weight is 432 g/mol. The molecule has 28 heavy (non-hydrogen) atoms. The van der Waals surface area contributed by atoms with Gasteiger partial charge in [0.15, 0.2) is 0 Å². The van der Waals surface area contributed by atoms with Crippen molar-refractivity contribution >= 4 is 33.0 Å². The van der Waals surface area contributed by atoms with Crippen LogP contribution in [0.1, 0.15) is 40.9 Å². The number of carbonyl (C=O) groups excluding carboxylic acids is 1. The van der Waals surface area contributed by atoms with Crippen molar-refractivity contribution in [3.8, 4) is 0 Å². The number of nitrogens with zero attached hydrogens (tertiary/aromatic N) is 1. The molecule has 0 unspecified atom stereocenters. The largest absolute Gasteiger partial charge is 0.418 e. The van der Waals surface area contributed by atoms with Crippen LogP contribution in [0.15, 0.2) is 40.6 Å². The van der Waals surface area contributed by atoms with Crippen LogP contribution in [0.25, 0.3) is 0 Å². The molecule has 10 heteroatoms. The maximum atomic E-state index is 13.1. The first-order valence-corrected chi connectivity index (χ1v) is 11.0. The van der Waals surface area contributed by atoms with Crippen LogP contribution in [0.4, 0.5) is 18.9 Å². The van der Waals surface area contributed by atoms with Crippen LogP contribution in [0, 0.1) is 0 Å². The van der Waals surface area contributed by atoms with E-state index in [0.29, 0.717) is 13.1 Å². The molecule has 1 aliphatic rings. The Bertz CT molecular complexity index is 947. The number of hydrogen-bond donors (Lipinski definition) is 1. The quantitative estimate of drug-likeness (QED) is 0.769. The molecular formula is C18H19F3N2O3S2.